The SMILES string of the molecule is O=C(NC1CCCCC1)NC1CCN(C(=O)Nc2ccc(N3CCCC3)nc2)CC1. The number of hydrogen-bond donors (Lipinski definition) is 3. The molecule has 1 aromatic heterocycles. The van der Waals surface area contributed by atoms with Gasteiger partial charge in [0.15, 0.2) is 0 Å². The lowest BCUT2D eigenvalue weighted by Gasteiger charge is -2.33. The van der Waals surface area contributed by atoms with Crippen LogP contribution in [0.4, 0.5) is 21.1 Å². The van der Waals surface area contributed by atoms with E-state index in [1.54, 1.807) is 6.20 Å². The van der Waals surface area contributed by atoms with Crippen LogP contribution in [0, 0.1) is 0 Å². The molecule has 0 atom stereocenters. The van der Waals surface area contributed by atoms with Gasteiger partial charge in [0, 0.05) is 38.3 Å². The summed E-state index contributed by atoms with van der Waals surface area (Å²) in [6, 6.07) is 4.17. The van der Waals surface area contributed by atoms with E-state index in [-0.39, 0.29) is 18.1 Å². The predicted octanol–water partition coefficient (Wildman–Crippen LogP) is 3.31. The molecule has 3 fully saturated rings. The second kappa shape index (κ2) is 10.00. The summed E-state index contributed by atoms with van der Waals surface area (Å²) in [4.78, 5) is 33.4. The number of hydrogen-bond acceptors (Lipinski definition) is 4. The van der Waals surface area contributed by atoms with Crippen molar-refractivity contribution in [1.29, 1.82) is 0 Å². The molecule has 3 N–H and O–H groups in total. The standard InChI is InChI=1S/C22H34N6O2/c29-21(24-17-6-2-1-3-7-17)25-18-10-14-28(15-11-18)22(30)26-19-8-9-20(23-16-19)27-12-4-5-13-27/h8-9,16-18H,1-7,10-15H2,(H,26,30)(H2,24,25,29). The van der Waals surface area contributed by atoms with Gasteiger partial charge in [-0.1, -0.05) is 19.3 Å². The summed E-state index contributed by atoms with van der Waals surface area (Å²) in [6.07, 6.45) is 11.6. The van der Waals surface area contributed by atoms with Crippen molar-refractivity contribution < 1.29 is 9.59 Å². The molecule has 3 heterocycles. The normalized spacial score (nSPS) is 20.8. The fourth-order valence-electron chi connectivity index (χ4n) is 4.68. The number of piperidine rings is 1. The van der Waals surface area contributed by atoms with Crippen molar-refractivity contribution in [1.82, 2.24) is 20.5 Å². The maximum Gasteiger partial charge on any atom is 0.321 e. The highest BCUT2D eigenvalue weighted by Gasteiger charge is 2.25. The molecule has 8 nitrogen and oxygen atoms in total. The third-order valence-electron chi connectivity index (χ3n) is 6.49. The molecule has 3 aliphatic rings. The molecule has 1 aliphatic carbocycles. The highest BCUT2D eigenvalue weighted by atomic mass is 16.2. The van der Waals surface area contributed by atoms with Gasteiger partial charge in [-0.15, -0.1) is 0 Å². The van der Waals surface area contributed by atoms with E-state index in [9.17, 15) is 9.59 Å². The molecule has 30 heavy (non-hydrogen) atoms. The number of rotatable bonds is 4. The first-order valence-corrected chi connectivity index (χ1v) is 11.5. The number of pyridine rings is 1. The Balaban J connectivity index is 1.18. The van der Waals surface area contributed by atoms with E-state index in [0.717, 1.165) is 50.3 Å². The minimum absolute atomic E-state index is 0.0611. The second-order valence-electron chi connectivity index (χ2n) is 8.74. The Labute approximate surface area is 178 Å². The van der Waals surface area contributed by atoms with E-state index in [1.807, 2.05) is 17.0 Å². The van der Waals surface area contributed by atoms with Crippen LogP contribution in [-0.4, -0.2) is 60.2 Å². The number of aromatic nitrogens is 1. The molecule has 1 saturated carbocycles. The average molecular weight is 415 g/mol. The summed E-state index contributed by atoms with van der Waals surface area (Å²) in [6.45, 7) is 3.39. The number of nitrogens with one attached hydrogen (secondary N) is 3. The van der Waals surface area contributed by atoms with Gasteiger partial charge in [0.25, 0.3) is 0 Å². The van der Waals surface area contributed by atoms with Crippen LogP contribution in [0.1, 0.15) is 57.8 Å². The van der Waals surface area contributed by atoms with E-state index >= 15 is 0 Å². The van der Waals surface area contributed by atoms with Crippen LogP contribution in [0.3, 0.4) is 0 Å². The fraction of sp³-hybridized carbons (Fsp3) is 0.682. The molecule has 4 rings (SSSR count). The molecule has 2 saturated heterocycles. The highest BCUT2D eigenvalue weighted by Crippen LogP contribution is 2.20. The van der Waals surface area contributed by atoms with Crippen molar-refractivity contribution >= 4 is 23.6 Å². The van der Waals surface area contributed by atoms with Crippen molar-refractivity contribution in [2.24, 2.45) is 0 Å². The molecule has 0 aromatic carbocycles. The number of carbonyl (C=O) groups is 2. The summed E-state index contributed by atoms with van der Waals surface area (Å²) in [5.41, 5.74) is 0.718. The first kappa shape index (κ1) is 20.8. The van der Waals surface area contributed by atoms with Crippen LogP contribution in [-0.2, 0) is 0 Å². The van der Waals surface area contributed by atoms with Crippen molar-refractivity contribution in [2.45, 2.75) is 69.9 Å². The summed E-state index contributed by atoms with van der Waals surface area (Å²) in [5, 5.41) is 9.13. The minimum atomic E-state index is -0.101. The maximum absolute atomic E-state index is 12.6. The number of nitrogens with zero attached hydrogens (tertiary/aromatic N) is 3. The van der Waals surface area contributed by atoms with E-state index in [2.05, 4.69) is 25.8 Å². The van der Waals surface area contributed by atoms with Gasteiger partial charge in [0.05, 0.1) is 11.9 Å². The van der Waals surface area contributed by atoms with Crippen LogP contribution in [0.5, 0.6) is 0 Å². The number of likely N-dealkylation sites (tertiary alicyclic amines) is 1. The molecule has 8 heteroatoms. The Hall–Kier alpha value is -2.51. The Bertz CT molecular complexity index is 705. The summed E-state index contributed by atoms with van der Waals surface area (Å²) in [5.74, 6) is 0.976. The Morgan fingerprint density at radius 2 is 1.50 bits per heavy atom. The lowest BCUT2D eigenvalue weighted by molar-refractivity contribution is 0.186. The minimum Gasteiger partial charge on any atom is -0.357 e. The van der Waals surface area contributed by atoms with Gasteiger partial charge < -0.3 is 25.8 Å². The van der Waals surface area contributed by atoms with Crippen LogP contribution >= 0.6 is 0 Å². The van der Waals surface area contributed by atoms with E-state index in [0.29, 0.717) is 19.1 Å². The van der Waals surface area contributed by atoms with Gasteiger partial charge in [-0.25, -0.2) is 14.6 Å². The van der Waals surface area contributed by atoms with Gasteiger partial charge in [0.1, 0.15) is 5.82 Å². The number of anilines is 2. The molecule has 0 bridgehead atoms. The van der Waals surface area contributed by atoms with Gasteiger partial charge in [0.2, 0.25) is 0 Å². The van der Waals surface area contributed by atoms with E-state index in [1.165, 1.54) is 32.1 Å². The lowest BCUT2D eigenvalue weighted by Crippen LogP contribution is -2.51. The molecule has 1 aromatic rings. The maximum atomic E-state index is 12.6. The lowest BCUT2D eigenvalue weighted by atomic mass is 9.96. The number of carbonyl (C=O) groups excluding carboxylic acids is 2. The third-order valence-corrected chi connectivity index (χ3v) is 6.49. The summed E-state index contributed by atoms with van der Waals surface area (Å²) >= 11 is 0. The topological polar surface area (TPSA) is 89.6 Å². The zero-order chi connectivity index (χ0) is 20.8. The number of amides is 4. The molecule has 164 valence electrons. The fourth-order valence-corrected chi connectivity index (χ4v) is 4.68. The Morgan fingerprint density at radius 3 is 2.13 bits per heavy atom. The molecular weight excluding hydrogens is 380 g/mol. The molecular formula is C22H34N6O2. The van der Waals surface area contributed by atoms with Crippen molar-refractivity contribution in [2.75, 3.05) is 36.4 Å². The molecule has 0 spiro atoms. The van der Waals surface area contributed by atoms with E-state index in [4.69, 9.17) is 0 Å². The second-order valence-corrected chi connectivity index (χ2v) is 8.74. The zero-order valence-corrected chi connectivity index (χ0v) is 17.7. The molecule has 4 amide bonds. The first-order valence-electron chi connectivity index (χ1n) is 11.5. The first-order chi connectivity index (χ1) is 14.7. The van der Waals surface area contributed by atoms with Crippen molar-refractivity contribution in [3.05, 3.63) is 18.3 Å². The smallest absolute Gasteiger partial charge is 0.321 e. The van der Waals surface area contributed by atoms with E-state index < -0.39 is 0 Å². The monoisotopic (exact) mass is 414 g/mol. The van der Waals surface area contributed by atoms with Gasteiger partial charge in [-0.05, 0) is 50.7 Å². The summed E-state index contributed by atoms with van der Waals surface area (Å²) in [7, 11) is 0. The van der Waals surface area contributed by atoms with Crippen LogP contribution in [0.25, 0.3) is 0 Å². The van der Waals surface area contributed by atoms with Crippen LogP contribution in [0.2, 0.25) is 0 Å². The van der Waals surface area contributed by atoms with Gasteiger partial charge in [-0.2, -0.15) is 0 Å². The van der Waals surface area contributed by atoms with Gasteiger partial charge in [-0.3, -0.25) is 0 Å². The predicted molar refractivity (Wildman–Crippen MR) is 118 cm³/mol. The molecule has 2 aliphatic heterocycles. The van der Waals surface area contributed by atoms with Crippen molar-refractivity contribution in [3.63, 3.8) is 0 Å². The molecule has 0 radical (unpaired) electrons. The highest BCUT2D eigenvalue weighted by molar-refractivity contribution is 5.89. The Morgan fingerprint density at radius 1 is 0.833 bits per heavy atom. The Kier molecular flexibility index (Phi) is 6.92. The largest absolute Gasteiger partial charge is 0.357 e. The van der Waals surface area contributed by atoms with Crippen LogP contribution < -0.4 is 20.9 Å². The quantitative estimate of drug-likeness (QED) is 0.705. The van der Waals surface area contributed by atoms with Gasteiger partial charge >= 0.3 is 12.1 Å². The third kappa shape index (κ3) is 5.55. The van der Waals surface area contributed by atoms with Crippen molar-refractivity contribution in [3.8, 4) is 0 Å². The number of urea groups is 2. The molecule has 0 unspecified atom stereocenters. The zero-order valence-electron chi connectivity index (χ0n) is 17.7. The average Bonchev–Trinajstić information content (AvgIpc) is 3.30. The summed E-state index contributed by atoms with van der Waals surface area (Å²) < 4.78 is 0. The van der Waals surface area contributed by atoms with Crippen LogP contribution in [0.15, 0.2) is 18.3 Å².